The summed E-state index contributed by atoms with van der Waals surface area (Å²) in [6, 6.07) is 4.24. The van der Waals surface area contributed by atoms with Gasteiger partial charge in [0.15, 0.2) is 5.82 Å². The van der Waals surface area contributed by atoms with E-state index in [9.17, 15) is 0 Å². The second kappa shape index (κ2) is 6.14. The van der Waals surface area contributed by atoms with E-state index in [1.807, 2.05) is 4.52 Å². The minimum absolute atomic E-state index is 0.218. The van der Waals surface area contributed by atoms with Crippen LogP contribution in [0.25, 0.3) is 5.52 Å². The Morgan fingerprint density at radius 2 is 1.95 bits per heavy atom. The lowest BCUT2D eigenvalue weighted by molar-refractivity contribution is 0.188. The number of aliphatic hydroxyl groups is 1. The van der Waals surface area contributed by atoms with Gasteiger partial charge in [0.2, 0.25) is 0 Å². The third-order valence-corrected chi connectivity index (χ3v) is 4.54. The van der Waals surface area contributed by atoms with Crippen molar-refractivity contribution in [1.29, 1.82) is 0 Å². The van der Waals surface area contributed by atoms with Crippen LogP contribution in [0, 0.1) is 6.92 Å². The summed E-state index contributed by atoms with van der Waals surface area (Å²) in [4.78, 5) is 4.53. The minimum Gasteiger partial charge on any atom is -0.395 e. The van der Waals surface area contributed by atoms with Crippen LogP contribution in [0.1, 0.15) is 18.2 Å². The monoisotopic (exact) mass is 303 g/mol. The number of aryl methyl sites for hydroxylation is 2. The van der Waals surface area contributed by atoms with E-state index in [2.05, 4.69) is 35.8 Å². The first-order chi connectivity index (χ1) is 10.7. The topological polar surface area (TPSA) is 70.0 Å². The van der Waals surface area contributed by atoms with Crippen molar-refractivity contribution in [3.8, 4) is 0 Å². The average molecular weight is 303 g/mol. The Labute approximate surface area is 131 Å². The van der Waals surface area contributed by atoms with Crippen LogP contribution in [0.4, 0.5) is 11.5 Å². The Bertz CT molecular complexity index is 658. The highest BCUT2D eigenvalue weighted by molar-refractivity contribution is 5.84. The maximum absolute atomic E-state index is 9.04. The van der Waals surface area contributed by atoms with Crippen LogP contribution in [0.3, 0.4) is 0 Å². The summed E-state index contributed by atoms with van der Waals surface area (Å²) in [6.45, 7) is 8.83. The summed E-state index contributed by atoms with van der Waals surface area (Å²) >= 11 is 0. The third kappa shape index (κ3) is 2.53. The number of piperazine rings is 1. The van der Waals surface area contributed by atoms with Gasteiger partial charge in [0.05, 0.1) is 12.1 Å². The van der Waals surface area contributed by atoms with Gasteiger partial charge in [-0.05, 0) is 25.0 Å². The Morgan fingerprint density at radius 1 is 1.23 bits per heavy atom. The molecule has 6 heteroatoms. The molecule has 1 saturated heterocycles. The van der Waals surface area contributed by atoms with Crippen molar-refractivity contribution in [2.24, 2.45) is 0 Å². The molecule has 0 bridgehead atoms. The summed E-state index contributed by atoms with van der Waals surface area (Å²) < 4.78 is 1.98. The number of rotatable bonds is 4. The molecule has 0 aliphatic carbocycles. The normalized spacial score (nSPS) is 16.6. The van der Waals surface area contributed by atoms with Gasteiger partial charge >= 0.3 is 0 Å². The maximum atomic E-state index is 9.04. The van der Waals surface area contributed by atoms with Crippen molar-refractivity contribution >= 4 is 17.0 Å². The molecule has 0 aromatic carbocycles. The van der Waals surface area contributed by atoms with Gasteiger partial charge in [-0.2, -0.15) is 0 Å². The van der Waals surface area contributed by atoms with Gasteiger partial charge in [-0.25, -0.2) is 4.52 Å². The van der Waals surface area contributed by atoms with Crippen molar-refractivity contribution < 1.29 is 5.11 Å². The zero-order valence-corrected chi connectivity index (χ0v) is 13.4. The van der Waals surface area contributed by atoms with Crippen molar-refractivity contribution in [2.45, 2.75) is 20.3 Å². The first-order valence-electron chi connectivity index (χ1n) is 8.00. The lowest BCUT2D eigenvalue weighted by Crippen LogP contribution is -2.47. The van der Waals surface area contributed by atoms with Crippen LogP contribution >= 0.6 is 0 Å². The van der Waals surface area contributed by atoms with E-state index in [0.717, 1.165) is 61.9 Å². The molecular weight excluding hydrogens is 278 g/mol. The third-order valence-electron chi connectivity index (χ3n) is 4.54. The molecule has 2 aromatic heterocycles. The molecule has 1 aliphatic heterocycles. The fourth-order valence-corrected chi connectivity index (χ4v) is 3.20. The number of pyridine rings is 1. The Morgan fingerprint density at radius 3 is 2.59 bits per heavy atom. The molecule has 6 nitrogen and oxygen atoms in total. The number of aliphatic hydroxyl groups excluding tert-OH is 1. The van der Waals surface area contributed by atoms with Gasteiger partial charge in [0, 0.05) is 38.4 Å². The first-order valence-corrected chi connectivity index (χ1v) is 8.00. The molecular formula is C16H25N5O. The van der Waals surface area contributed by atoms with E-state index in [1.54, 1.807) is 0 Å². The molecule has 120 valence electrons. The number of nitrogen functional groups attached to an aromatic ring is 1. The lowest BCUT2D eigenvalue weighted by atomic mass is 10.1. The molecule has 1 fully saturated rings. The Kier molecular flexibility index (Phi) is 4.22. The number of anilines is 2. The summed E-state index contributed by atoms with van der Waals surface area (Å²) in [7, 11) is 0. The highest BCUT2D eigenvalue weighted by Crippen LogP contribution is 2.30. The molecule has 3 N–H and O–H groups in total. The molecule has 0 atom stereocenters. The molecule has 0 radical (unpaired) electrons. The van der Waals surface area contributed by atoms with Gasteiger partial charge < -0.3 is 15.7 Å². The standard InChI is InChI=1S/C16H25N5O/c1-3-13-5-4-12(2)21-15(13)14(17)16(18-21)20-8-6-19(7-9-20)10-11-22/h4-5,22H,3,6-11,17H2,1-2H3. The number of β-amino-alcohol motifs (C(OH)–C–C–N with tert-alkyl or cyclic N) is 1. The molecule has 0 saturated carbocycles. The quantitative estimate of drug-likeness (QED) is 0.878. The second-order valence-electron chi connectivity index (χ2n) is 5.90. The van der Waals surface area contributed by atoms with Crippen LogP contribution in [0.2, 0.25) is 0 Å². The van der Waals surface area contributed by atoms with Crippen molar-refractivity contribution in [3.63, 3.8) is 0 Å². The van der Waals surface area contributed by atoms with Gasteiger partial charge in [-0.1, -0.05) is 13.0 Å². The molecule has 0 amide bonds. The Hall–Kier alpha value is -1.79. The lowest BCUT2D eigenvalue weighted by Gasteiger charge is -2.34. The van der Waals surface area contributed by atoms with Gasteiger partial charge in [0.1, 0.15) is 5.69 Å². The predicted molar refractivity (Wildman–Crippen MR) is 89.5 cm³/mol. The van der Waals surface area contributed by atoms with E-state index < -0.39 is 0 Å². The first kappa shape index (κ1) is 15.1. The molecule has 2 aromatic rings. The van der Waals surface area contributed by atoms with Gasteiger partial charge in [-0.15, -0.1) is 5.10 Å². The number of nitrogens with zero attached hydrogens (tertiary/aromatic N) is 4. The van der Waals surface area contributed by atoms with Gasteiger partial charge in [0.25, 0.3) is 0 Å². The highest BCUT2D eigenvalue weighted by Gasteiger charge is 2.23. The second-order valence-corrected chi connectivity index (χ2v) is 5.90. The largest absolute Gasteiger partial charge is 0.395 e. The van der Waals surface area contributed by atoms with E-state index in [-0.39, 0.29) is 6.61 Å². The summed E-state index contributed by atoms with van der Waals surface area (Å²) in [5.74, 6) is 0.896. The summed E-state index contributed by atoms with van der Waals surface area (Å²) in [6.07, 6.45) is 0.948. The molecule has 0 unspecified atom stereocenters. The van der Waals surface area contributed by atoms with Gasteiger partial charge in [-0.3, -0.25) is 4.90 Å². The number of hydrogen-bond donors (Lipinski definition) is 2. The van der Waals surface area contributed by atoms with Crippen LogP contribution in [0.15, 0.2) is 12.1 Å². The van der Waals surface area contributed by atoms with E-state index in [0.29, 0.717) is 0 Å². The summed E-state index contributed by atoms with van der Waals surface area (Å²) in [5.41, 5.74) is 10.6. The molecule has 22 heavy (non-hydrogen) atoms. The van der Waals surface area contributed by atoms with E-state index >= 15 is 0 Å². The molecule has 3 rings (SSSR count). The van der Waals surface area contributed by atoms with E-state index in [1.165, 1.54) is 5.56 Å². The van der Waals surface area contributed by atoms with Crippen molar-refractivity contribution in [2.75, 3.05) is 50.0 Å². The maximum Gasteiger partial charge on any atom is 0.175 e. The average Bonchev–Trinajstić information content (AvgIpc) is 2.88. The van der Waals surface area contributed by atoms with Crippen molar-refractivity contribution in [1.82, 2.24) is 14.5 Å². The van der Waals surface area contributed by atoms with Crippen LogP contribution in [-0.4, -0.2) is 59.0 Å². The number of hydrogen-bond acceptors (Lipinski definition) is 5. The SMILES string of the molecule is CCc1ccc(C)n2nc(N3CCN(CCO)CC3)c(N)c12. The van der Waals surface area contributed by atoms with Crippen LogP contribution < -0.4 is 10.6 Å². The Balaban J connectivity index is 1.92. The zero-order valence-electron chi connectivity index (χ0n) is 13.4. The minimum atomic E-state index is 0.218. The van der Waals surface area contributed by atoms with Crippen LogP contribution in [0.5, 0.6) is 0 Å². The zero-order chi connectivity index (χ0) is 15.7. The summed E-state index contributed by atoms with van der Waals surface area (Å²) in [5, 5.41) is 13.8. The smallest absolute Gasteiger partial charge is 0.175 e. The molecule has 0 spiro atoms. The molecule has 3 heterocycles. The number of nitrogens with two attached hydrogens (primary N) is 1. The fraction of sp³-hybridized carbons (Fsp3) is 0.562. The molecule has 1 aliphatic rings. The highest BCUT2D eigenvalue weighted by atomic mass is 16.3. The van der Waals surface area contributed by atoms with Crippen molar-refractivity contribution in [3.05, 3.63) is 23.4 Å². The number of aromatic nitrogens is 2. The fourth-order valence-electron chi connectivity index (χ4n) is 3.20. The van der Waals surface area contributed by atoms with Crippen LogP contribution in [-0.2, 0) is 6.42 Å². The van der Waals surface area contributed by atoms with E-state index in [4.69, 9.17) is 15.9 Å². The predicted octanol–water partition coefficient (Wildman–Crippen LogP) is 0.902. The number of fused-ring (bicyclic) bond motifs is 1.